The summed E-state index contributed by atoms with van der Waals surface area (Å²) >= 11 is 5.38. The standard InChI is InChI=1S/C8H6N2O2.C5H11Cl/c11-10(12)9-6-5-7-3-1-2-4-8(7)9;1-2-3-4-5-6/h1-6H;2-5H2,1H3. The maximum Gasteiger partial charge on any atom is 0.169 e. The fourth-order valence-electron chi connectivity index (χ4n) is 1.56. The maximum atomic E-state index is 10.4. The molecule has 0 radical (unpaired) electrons. The second-order valence-electron chi connectivity index (χ2n) is 3.85. The van der Waals surface area contributed by atoms with Crippen LogP contribution in [0.4, 0.5) is 0 Å². The van der Waals surface area contributed by atoms with Crippen molar-refractivity contribution in [2.75, 3.05) is 5.88 Å². The number of fused-ring (bicyclic) bond motifs is 1. The number of halogens is 1. The van der Waals surface area contributed by atoms with Gasteiger partial charge in [-0.2, -0.15) is 0 Å². The molecule has 18 heavy (non-hydrogen) atoms. The fraction of sp³-hybridized carbons (Fsp3) is 0.385. The van der Waals surface area contributed by atoms with Crippen LogP contribution >= 0.6 is 11.6 Å². The van der Waals surface area contributed by atoms with E-state index in [1.165, 1.54) is 25.5 Å². The van der Waals surface area contributed by atoms with Gasteiger partial charge in [0.15, 0.2) is 5.03 Å². The number of alkyl halides is 1. The average molecular weight is 269 g/mol. The topological polar surface area (TPSA) is 48.1 Å². The Balaban J connectivity index is 0.000000232. The average Bonchev–Trinajstić information content (AvgIpc) is 2.81. The van der Waals surface area contributed by atoms with E-state index >= 15 is 0 Å². The van der Waals surface area contributed by atoms with Crippen molar-refractivity contribution in [2.24, 2.45) is 0 Å². The van der Waals surface area contributed by atoms with Gasteiger partial charge in [0.2, 0.25) is 0 Å². The quantitative estimate of drug-likeness (QED) is 0.363. The van der Waals surface area contributed by atoms with Crippen LogP contribution < -0.4 is 0 Å². The normalized spacial score (nSPS) is 9.89. The molecule has 0 amide bonds. The molecule has 0 aliphatic heterocycles. The molecule has 0 bridgehead atoms. The Hall–Kier alpha value is -1.55. The van der Waals surface area contributed by atoms with Gasteiger partial charge in [0, 0.05) is 11.3 Å². The van der Waals surface area contributed by atoms with E-state index < -0.39 is 5.03 Å². The van der Waals surface area contributed by atoms with Crippen molar-refractivity contribution in [3.8, 4) is 0 Å². The molecule has 0 saturated heterocycles. The lowest BCUT2D eigenvalue weighted by molar-refractivity contribution is -0.537. The number of nitro groups is 1. The Morgan fingerprint density at radius 2 is 2.00 bits per heavy atom. The molecule has 0 N–H and O–H groups in total. The molecule has 2 rings (SSSR count). The monoisotopic (exact) mass is 268 g/mol. The molecule has 0 saturated carbocycles. The number of benzene rings is 1. The number of para-hydroxylation sites is 1. The molecule has 1 aromatic carbocycles. The van der Waals surface area contributed by atoms with Crippen molar-refractivity contribution in [1.82, 2.24) is 4.68 Å². The zero-order chi connectivity index (χ0) is 13.4. The summed E-state index contributed by atoms with van der Waals surface area (Å²) in [6, 6.07) is 8.92. The number of hydrogen-bond acceptors (Lipinski definition) is 2. The van der Waals surface area contributed by atoms with Crippen LogP contribution in [-0.2, 0) is 0 Å². The SMILES string of the molecule is CCCCCCl.O=[N+]([O-])n1ccc2ccccc21. The third-order valence-corrected chi connectivity index (χ3v) is 2.76. The van der Waals surface area contributed by atoms with Gasteiger partial charge < -0.3 is 0 Å². The van der Waals surface area contributed by atoms with Gasteiger partial charge in [0.1, 0.15) is 5.52 Å². The zero-order valence-electron chi connectivity index (χ0n) is 10.4. The number of unbranched alkanes of at least 4 members (excludes halogenated alkanes) is 2. The summed E-state index contributed by atoms with van der Waals surface area (Å²) < 4.78 is 1.01. The molecule has 0 aliphatic carbocycles. The number of nitrogens with zero attached hydrogens (tertiary/aromatic N) is 2. The van der Waals surface area contributed by atoms with Crippen molar-refractivity contribution in [3.05, 3.63) is 46.6 Å². The minimum absolute atomic E-state index is 0.442. The van der Waals surface area contributed by atoms with Gasteiger partial charge in [-0.3, -0.25) is 0 Å². The molecule has 1 heterocycles. The van der Waals surface area contributed by atoms with E-state index in [1.807, 2.05) is 12.1 Å². The third kappa shape index (κ3) is 4.04. The van der Waals surface area contributed by atoms with Gasteiger partial charge in [0.25, 0.3) is 0 Å². The van der Waals surface area contributed by atoms with Gasteiger partial charge in [-0.25, -0.2) is 10.1 Å². The Labute approximate surface area is 111 Å². The number of rotatable bonds is 4. The molecule has 0 atom stereocenters. The first-order chi connectivity index (χ1) is 8.70. The molecular formula is C13H17ClN2O2. The third-order valence-electron chi connectivity index (χ3n) is 2.49. The molecule has 2 aromatic rings. The predicted molar refractivity (Wildman–Crippen MR) is 74.6 cm³/mol. The van der Waals surface area contributed by atoms with Crippen LogP contribution in [0, 0.1) is 10.1 Å². The number of hydrogen-bond donors (Lipinski definition) is 0. The first-order valence-corrected chi connectivity index (χ1v) is 6.51. The molecule has 0 spiro atoms. The second kappa shape index (κ2) is 7.71. The Morgan fingerprint density at radius 3 is 2.56 bits per heavy atom. The van der Waals surface area contributed by atoms with Gasteiger partial charge in [0.05, 0.1) is 6.20 Å². The zero-order valence-corrected chi connectivity index (χ0v) is 11.1. The van der Waals surface area contributed by atoms with Gasteiger partial charge in [-0.1, -0.05) is 42.6 Å². The van der Waals surface area contributed by atoms with Crippen LogP contribution in [0.2, 0.25) is 0 Å². The van der Waals surface area contributed by atoms with Crippen molar-refractivity contribution >= 4 is 22.5 Å². The van der Waals surface area contributed by atoms with Crippen LogP contribution in [0.5, 0.6) is 0 Å². The molecule has 5 heteroatoms. The van der Waals surface area contributed by atoms with Crippen LogP contribution in [0.25, 0.3) is 10.9 Å². The molecule has 0 unspecified atom stereocenters. The number of aromatic nitrogens is 1. The van der Waals surface area contributed by atoms with E-state index in [9.17, 15) is 10.1 Å². The van der Waals surface area contributed by atoms with Gasteiger partial charge in [-0.15, -0.1) is 11.6 Å². The van der Waals surface area contributed by atoms with E-state index in [2.05, 4.69) is 6.92 Å². The minimum Gasteiger partial charge on any atom is -0.234 e. The maximum absolute atomic E-state index is 10.4. The molecule has 4 nitrogen and oxygen atoms in total. The van der Waals surface area contributed by atoms with Crippen molar-refractivity contribution < 1.29 is 5.03 Å². The predicted octanol–water partition coefficient (Wildman–Crippen LogP) is 4.10. The van der Waals surface area contributed by atoms with Gasteiger partial charge in [-0.05, 0) is 18.6 Å². The highest BCUT2D eigenvalue weighted by atomic mass is 35.5. The highest BCUT2D eigenvalue weighted by Crippen LogP contribution is 2.13. The van der Waals surface area contributed by atoms with Crippen LogP contribution in [0.3, 0.4) is 0 Å². The largest absolute Gasteiger partial charge is 0.234 e. The molecule has 98 valence electrons. The Kier molecular flexibility index (Phi) is 6.22. The first kappa shape index (κ1) is 14.5. The van der Waals surface area contributed by atoms with Crippen molar-refractivity contribution in [3.63, 3.8) is 0 Å². The summed E-state index contributed by atoms with van der Waals surface area (Å²) in [6.45, 7) is 2.17. The van der Waals surface area contributed by atoms with Crippen LogP contribution in [0.15, 0.2) is 36.5 Å². The lowest BCUT2D eigenvalue weighted by atomic mass is 10.3. The van der Waals surface area contributed by atoms with Gasteiger partial charge >= 0.3 is 0 Å². The highest BCUT2D eigenvalue weighted by Gasteiger charge is 2.06. The van der Waals surface area contributed by atoms with Crippen molar-refractivity contribution in [1.29, 1.82) is 0 Å². The summed E-state index contributed by atoms with van der Waals surface area (Å²) in [5.74, 6) is 0.827. The fourth-order valence-corrected chi connectivity index (χ4v) is 1.74. The second-order valence-corrected chi connectivity index (χ2v) is 4.23. The van der Waals surface area contributed by atoms with Crippen LogP contribution in [0.1, 0.15) is 26.2 Å². The summed E-state index contributed by atoms with van der Waals surface area (Å²) in [4.78, 5) is 10.4. The van der Waals surface area contributed by atoms with E-state index in [0.717, 1.165) is 15.9 Å². The van der Waals surface area contributed by atoms with Crippen molar-refractivity contribution in [2.45, 2.75) is 26.2 Å². The highest BCUT2D eigenvalue weighted by molar-refractivity contribution is 6.17. The summed E-state index contributed by atoms with van der Waals surface area (Å²) in [5.41, 5.74) is 0.627. The molecule has 1 aromatic heterocycles. The molecule has 0 fully saturated rings. The van der Waals surface area contributed by atoms with E-state index in [1.54, 1.807) is 18.2 Å². The lowest BCUT2D eigenvalue weighted by Crippen LogP contribution is -2.05. The molecular weight excluding hydrogens is 252 g/mol. The Morgan fingerprint density at radius 1 is 1.28 bits per heavy atom. The van der Waals surface area contributed by atoms with E-state index in [-0.39, 0.29) is 0 Å². The summed E-state index contributed by atoms with van der Waals surface area (Å²) in [7, 11) is 0. The lowest BCUT2D eigenvalue weighted by Gasteiger charge is -1.91. The van der Waals surface area contributed by atoms with Crippen LogP contribution in [-0.4, -0.2) is 15.6 Å². The smallest absolute Gasteiger partial charge is 0.169 e. The van der Waals surface area contributed by atoms with E-state index in [4.69, 9.17) is 11.6 Å². The minimum atomic E-state index is -0.442. The summed E-state index contributed by atoms with van der Waals surface area (Å²) in [6.07, 6.45) is 5.18. The summed E-state index contributed by atoms with van der Waals surface area (Å²) in [5, 5.41) is 10.9. The molecule has 0 aliphatic rings. The first-order valence-electron chi connectivity index (χ1n) is 5.97. The van der Waals surface area contributed by atoms with E-state index in [0.29, 0.717) is 5.52 Å². The Bertz CT molecular complexity index is 492.